The van der Waals surface area contributed by atoms with Crippen molar-refractivity contribution >= 4 is 23.3 Å². The van der Waals surface area contributed by atoms with Crippen molar-refractivity contribution in [3.8, 4) is 5.75 Å². The number of carbonyl (C=O) groups is 1. The number of hydrogen-bond donors (Lipinski definition) is 1. The minimum Gasteiger partial charge on any atom is -0.475 e. The number of halogens is 1. The zero-order valence-corrected chi connectivity index (χ0v) is 9.58. The molecule has 86 valence electrons. The van der Waals surface area contributed by atoms with Crippen LogP contribution in [0, 0.1) is 0 Å². The van der Waals surface area contributed by atoms with Gasteiger partial charge in [-0.2, -0.15) is 0 Å². The lowest BCUT2D eigenvalue weighted by molar-refractivity contribution is -0.150. The largest absolute Gasteiger partial charge is 0.475 e. The van der Waals surface area contributed by atoms with E-state index in [-0.39, 0.29) is 5.97 Å². The first-order chi connectivity index (χ1) is 7.70. The van der Waals surface area contributed by atoms with E-state index in [4.69, 9.17) is 21.1 Å². The number of nitrogens with one attached hydrogen (secondary N) is 1. The molecule has 1 heterocycles. The normalized spacial score (nSPS) is 18.0. The first-order valence-electron chi connectivity index (χ1n) is 5.07. The number of benzene rings is 1. The fraction of sp³-hybridized carbons (Fsp3) is 0.364. The van der Waals surface area contributed by atoms with Crippen molar-refractivity contribution in [1.29, 1.82) is 0 Å². The summed E-state index contributed by atoms with van der Waals surface area (Å²) in [5, 5.41) is 3.71. The van der Waals surface area contributed by atoms with E-state index in [0.29, 0.717) is 23.9 Å². The molecule has 16 heavy (non-hydrogen) atoms. The number of ether oxygens (including phenoxy) is 2. The number of anilines is 1. The standard InChI is InChI=1S/C11H12ClNO3/c1-2-15-11(14)10-6-13-8-5-7(12)3-4-9(8)16-10/h3-5,10,13H,2,6H2,1H3/t10-/m0/s1. The molecule has 0 unspecified atom stereocenters. The summed E-state index contributed by atoms with van der Waals surface area (Å²) in [5.74, 6) is 0.268. The molecule has 1 atom stereocenters. The summed E-state index contributed by atoms with van der Waals surface area (Å²) in [7, 11) is 0. The molecule has 1 N–H and O–H groups in total. The highest BCUT2D eigenvalue weighted by molar-refractivity contribution is 6.30. The van der Waals surface area contributed by atoms with Gasteiger partial charge in [-0.3, -0.25) is 0 Å². The minimum absolute atomic E-state index is 0.351. The van der Waals surface area contributed by atoms with Crippen LogP contribution in [-0.2, 0) is 9.53 Å². The fourth-order valence-electron chi connectivity index (χ4n) is 1.51. The van der Waals surface area contributed by atoms with Crippen LogP contribution in [0.5, 0.6) is 5.75 Å². The molecule has 0 saturated heterocycles. The van der Waals surface area contributed by atoms with E-state index in [2.05, 4.69) is 5.32 Å². The minimum atomic E-state index is -0.589. The maximum Gasteiger partial charge on any atom is 0.349 e. The van der Waals surface area contributed by atoms with E-state index in [0.717, 1.165) is 5.69 Å². The Kier molecular flexibility index (Phi) is 3.19. The second kappa shape index (κ2) is 4.61. The van der Waals surface area contributed by atoms with Gasteiger partial charge in [-0.25, -0.2) is 4.79 Å². The molecule has 0 saturated carbocycles. The number of esters is 1. The van der Waals surface area contributed by atoms with Crippen LogP contribution < -0.4 is 10.1 Å². The number of hydrogen-bond acceptors (Lipinski definition) is 4. The second-order valence-electron chi connectivity index (χ2n) is 3.38. The third-order valence-corrected chi connectivity index (χ3v) is 2.47. The van der Waals surface area contributed by atoms with Gasteiger partial charge in [0.25, 0.3) is 0 Å². The SMILES string of the molecule is CCOC(=O)[C@@H]1CNc2cc(Cl)ccc2O1. The summed E-state index contributed by atoms with van der Waals surface area (Å²) in [4.78, 5) is 11.5. The molecule has 5 heteroatoms. The molecule has 0 bridgehead atoms. The summed E-state index contributed by atoms with van der Waals surface area (Å²) in [6.45, 7) is 2.51. The average molecular weight is 242 g/mol. The molecule has 0 aliphatic carbocycles. The summed E-state index contributed by atoms with van der Waals surface area (Å²) in [6, 6.07) is 5.21. The molecule has 1 aromatic rings. The van der Waals surface area contributed by atoms with Crippen molar-refractivity contribution in [3.63, 3.8) is 0 Å². The molecule has 4 nitrogen and oxygen atoms in total. The molecular formula is C11H12ClNO3. The third-order valence-electron chi connectivity index (χ3n) is 2.24. The molecule has 1 aromatic carbocycles. The van der Waals surface area contributed by atoms with Crippen LogP contribution in [0.3, 0.4) is 0 Å². The van der Waals surface area contributed by atoms with Gasteiger partial charge in [0.05, 0.1) is 18.8 Å². The van der Waals surface area contributed by atoms with Crippen LogP contribution in [0.15, 0.2) is 18.2 Å². The first-order valence-corrected chi connectivity index (χ1v) is 5.45. The van der Waals surface area contributed by atoms with Gasteiger partial charge in [0.2, 0.25) is 6.10 Å². The van der Waals surface area contributed by atoms with Crippen molar-refractivity contribution < 1.29 is 14.3 Å². The van der Waals surface area contributed by atoms with E-state index >= 15 is 0 Å². The van der Waals surface area contributed by atoms with Gasteiger partial charge < -0.3 is 14.8 Å². The predicted molar refractivity (Wildman–Crippen MR) is 61.0 cm³/mol. The quantitative estimate of drug-likeness (QED) is 0.806. The van der Waals surface area contributed by atoms with E-state index in [9.17, 15) is 4.79 Å². The van der Waals surface area contributed by atoms with Crippen molar-refractivity contribution in [3.05, 3.63) is 23.2 Å². The smallest absolute Gasteiger partial charge is 0.349 e. The molecule has 0 fully saturated rings. The Balaban J connectivity index is 2.12. The van der Waals surface area contributed by atoms with Crippen LogP contribution in [0.4, 0.5) is 5.69 Å². The topological polar surface area (TPSA) is 47.6 Å². The van der Waals surface area contributed by atoms with Gasteiger partial charge in [-0.1, -0.05) is 11.6 Å². The Morgan fingerprint density at radius 1 is 1.69 bits per heavy atom. The lowest BCUT2D eigenvalue weighted by Crippen LogP contribution is -2.38. The summed E-state index contributed by atoms with van der Waals surface area (Å²) in [5.41, 5.74) is 0.799. The van der Waals surface area contributed by atoms with Crippen molar-refractivity contribution in [2.75, 3.05) is 18.5 Å². The van der Waals surface area contributed by atoms with Crippen molar-refractivity contribution in [1.82, 2.24) is 0 Å². The molecular weight excluding hydrogens is 230 g/mol. The highest BCUT2D eigenvalue weighted by Crippen LogP contribution is 2.31. The number of rotatable bonds is 2. The predicted octanol–water partition coefficient (Wildman–Crippen LogP) is 2.08. The second-order valence-corrected chi connectivity index (χ2v) is 3.82. The summed E-state index contributed by atoms with van der Waals surface area (Å²) < 4.78 is 10.4. The highest BCUT2D eigenvalue weighted by atomic mass is 35.5. The van der Waals surface area contributed by atoms with Gasteiger partial charge >= 0.3 is 5.97 Å². The van der Waals surface area contributed by atoms with Crippen molar-refractivity contribution in [2.24, 2.45) is 0 Å². The van der Waals surface area contributed by atoms with Crippen molar-refractivity contribution in [2.45, 2.75) is 13.0 Å². The Labute approximate surface area is 98.5 Å². The molecule has 2 rings (SSSR count). The molecule has 0 amide bonds. The Bertz CT molecular complexity index is 408. The average Bonchev–Trinajstić information content (AvgIpc) is 2.28. The lowest BCUT2D eigenvalue weighted by Gasteiger charge is -2.25. The summed E-state index contributed by atoms with van der Waals surface area (Å²) >= 11 is 5.84. The fourth-order valence-corrected chi connectivity index (χ4v) is 1.68. The Morgan fingerprint density at radius 2 is 2.50 bits per heavy atom. The third kappa shape index (κ3) is 2.22. The molecule has 0 aromatic heterocycles. The molecule has 0 spiro atoms. The van der Waals surface area contributed by atoms with Gasteiger partial charge in [-0.15, -0.1) is 0 Å². The first kappa shape index (κ1) is 11.1. The Hall–Kier alpha value is -1.42. The monoisotopic (exact) mass is 241 g/mol. The zero-order chi connectivity index (χ0) is 11.5. The van der Waals surface area contributed by atoms with Crippen LogP contribution in [0.1, 0.15) is 6.92 Å². The number of carbonyl (C=O) groups excluding carboxylic acids is 1. The number of fused-ring (bicyclic) bond motifs is 1. The molecule has 1 aliphatic heterocycles. The van der Waals surface area contributed by atoms with Gasteiger partial charge in [0.15, 0.2) is 0 Å². The van der Waals surface area contributed by atoms with Crippen LogP contribution in [0.2, 0.25) is 5.02 Å². The van der Waals surface area contributed by atoms with Crippen LogP contribution >= 0.6 is 11.6 Å². The maximum absolute atomic E-state index is 11.5. The Morgan fingerprint density at radius 3 is 3.25 bits per heavy atom. The zero-order valence-electron chi connectivity index (χ0n) is 8.83. The van der Waals surface area contributed by atoms with E-state index in [1.807, 2.05) is 0 Å². The molecule has 0 radical (unpaired) electrons. The van der Waals surface area contributed by atoms with E-state index < -0.39 is 6.10 Å². The summed E-state index contributed by atoms with van der Waals surface area (Å²) in [6.07, 6.45) is -0.589. The van der Waals surface area contributed by atoms with E-state index in [1.165, 1.54) is 0 Å². The van der Waals surface area contributed by atoms with Gasteiger partial charge in [0.1, 0.15) is 5.75 Å². The molecule has 1 aliphatic rings. The van der Waals surface area contributed by atoms with Crippen LogP contribution in [-0.4, -0.2) is 25.2 Å². The lowest BCUT2D eigenvalue weighted by atomic mass is 10.2. The van der Waals surface area contributed by atoms with Gasteiger partial charge in [-0.05, 0) is 25.1 Å². The van der Waals surface area contributed by atoms with Gasteiger partial charge in [0, 0.05) is 5.02 Å². The highest BCUT2D eigenvalue weighted by Gasteiger charge is 2.26. The van der Waals surface area contributed by atoms with Crippen LogP contribution in [0.25, 0.3) is 0 Å². The van der Waals surface area contributed by atoms with E-state index in [1.54, 1.807) is 25.1 Å². The maximum atomic E-state index is 11.5.